The van der Waals surface area contributed by atoms with Crippen LogP contribution in [0.4, 0.5) is 0 Å². The highest BCUT2D eigenvalue weighted by molar-refractivity contribution is 6.24. The number of hydrogen-bond acceptors (Lipinski definition) is 4. The van der Waals surface area contributed by atoms with Crippen LogP contribution in [0.15, 0.2) is 109 Å². The number of carbonyl (C=O) groups excluding carboxylic acids is 2. The zero-order valence-electron chi connectivity index (χ0n) is 31.3. The van der Waals surface area contributed by atoms with Crippen LogP contribution in [0.1, 0.15) is 101 Å². The third-order valence-corrected chi connectivity index (χ3v) is 11.5. The molecule has 0 heterocycles. The summed E-state index contributed by atoms with van der Waals surface area (Å²) in [6.07, 6.45) is 14.8. The van der Waals surface area contributed by atoms with Crippen LogP contribution in [0, 0.1) is 0 Å². The van der Waals surface area contributed by atoms with Crippen molar-refractivity contribution >= 4 is 76.6 Å². The smallest absolute Gasteiger partial charge is 0.306 e. The van der Waals surface area contributed by atoms with Gasteiger partial charge in [-0.3, -0.25) is 9.59 Å². The fourth-order valence-electron chi connectivity index (χ4n) is 8.61. The SMILES string of the molecule is O=C(CCCCCCCCCCCCCCC(=O)OCc1ccc2ccc3cccc4ccc1c2c34)OCc1ccc2ccc3cccc4ccc1c2c34. The highest BCUT2D eigenvalue weighted by Gasteiger charge is 2.14. The summed E-state index contributed by atoms with van der Waals surface area (Å²) in [7, 11) is 0. The van der Waals surface area contributed by atoms with E-state index < -0.39 is 0 Å². The van der Waals surface area contributed by atoms with Gasteiger partial charge in [0.1, 0.15) is 13.2 Å². The van der Waals surface area contributed by atoms with E-state index in [1.807, 2.05) is 0 Å². The van der Waals surface area contributed by atoms with Crippen LogP contribution in [0.2, 0.25) is 0 Å². The normalized spacial score (nSPS) is 11.9. The average Bonchev–Trinajstić information content (AvgIpc) is 3.21. The van der Waals surface area contributed by atoms with Crippen LogP contribution in [0.5, 0.6) is 0 Å². The van der Waals surface area contributed by atoms with Gasteiger partial charge < -0.3 is 9.47 Å². The zero-order chi connectivity index (χ0) is 36.7. The standard InChI is InChI=1S/C50H50O4/c51-45(53-33-41-27-25-39-23-21-35-15-13-17-37-29-31-43(41)49(39)47(35)37)19-11-9-7-5-3-1-2-4-6-8-10-12-20-46(52)54-34-42-28-26-40-24-22-36-16-14-18-38-30-32-44(42)50(40)48(36)38/h13-18,21-32H,1-12,19-20,33-34H2. The van der Waals surface area contributed by atoms with Crippen molar-refractivity contribution in [2.24, 2.45) is 0 Å². The molecule has 0 amide bonds. The molecule has 0 aliphatic carbocycles. The number of hydrogen-bond donors (Lipinski definition) is 0. The average molecular weight is 715 g/mol. The number of rotatable bonds is 19. The van der Waals surface area contributed by atoms with E-state index in [0.29, 0.717) is 26.1 Å². The lowest BCUT2D eigenvalue weighted by Crippen LogP contribution is -2.05. The molecule has 54 heavy (non-hydrogen) atoms. The Balaban J connectivity index is 0.644. The Labute approximate surface area is 318 Å². The summed E-state index contributed by atoms with van der Waals surface area (Å²) in [4.78, 5) is 25.1. The maximum Gasteiger partial charge on any atom is 0.306 e. The molecule has 0 spiro atoms. The number of unbranched alkanes of at least 4 members (excludes halogenated alkanes) is 11. The van der Waals surface area contributed by atoms with Crippen molar-refractivity contribution in [1.29, 1.82) is 0 Å². The van der Waals surface area contributed by atoms with Crippen LogP contribution in [0.3, 0.4) is 0 Å². The quantitative estimate of drug-likeness (QED) is 0.0475. The minimum atomic E-state index is -0.0995. The van der Waals surface area contributed by atoms with Crippen molar-refractivity contribution in [2.75, 3.05) is 0 Å². The molecule has 4 nitrogen and oxygen atoms in total. The van der Waals surface area contributed by atoms with Gasteiger partial charge in [-0.15, -0.1) is 0 Å². The van der Waals surface area contributed by atoms with Gasteiger partial charge in [-0.05, 0) is 88.6 Å². The molecular weight excluding hydrogens is 665 g/mol. The van der Waals surface area contributed by atoms with Gasteiger partial charge in [-0.2, -0.15) is 0 Å². The molecule has 4 heteroatoms. The van der Waals surface area contributed by atoms with E-state index in [-0.39, 0.29) is 11.9 Å². The molecule has 0 fully saturated rings. The second-order valence-electron chi connectivity index (χ2n) is 15.2. The summed E-state index contributed by atoms with van der Waals surface area (Å²) in [6, 6.07) is 38.8. The molecule has 0 unspecified atom stereocenters. The van der Waals surface area contributed by atoms with Crippen molar-refractivity contribution in [2.45, 2.75) is 103 Å². The lowest BCUT2D eigenvalue weighted by molar-refractivity contribution is -0.146. The van der Waals surface area contributed by atoms with Crippen molar-refractivity contribution < 1.29 is 19.1 Å². The van der Waals surface area contributed by atoms with Crippen LogP contribution in [-0.2, 0) is 32.3 Å². The molecule has 0 radical (unpaired) electrons. The molecular formula is C50H50O4. The van der Waals surface area contributed by atoms with E-state index in [9.17, 15) is 9.59 Å². The van der Waals surface area contributed by atoms with Gasteiger partial charge in [0.2, 0.25) is 0 Å². The first-order valence-corrected chi connectivity index (χ1v) is 20.3. The Hall–Kier alpha value is -5.22. The highest BCUT2D eigenvalue weighted by atomic mass is 16.5. The summed E-state index contributed by atoms with van der Waals surface area (Å²) in [5.74, 6) is -0.199. The first-order valence-electron chi connectivity index (χ1n) is 20.3. The van der Waals surface area contributed by atoms with E-state index in [2.05, 4.69) is 109 Å². The minimum absolute atomic E-state index is 0.0995. The molecule has 8 aromatic carbocycles. The number of ether oxygens (including phenoxy) is 2. The van der Waals surface area contributed by atoms with E-state index in [1.54, 1.807) is 0 Å². The van der Waals surface area contributed by atoms with E-state index in [1.165, 1.54) is 116 Å². The van der Waals surface area contributed by atoms with Gasteiger partial charge in [-0.1, -0.05) is 173 Å². The first kappa shape index (κ1) is 35.8. The molecule has 0 saturated heterocycles. The molecule has 0 saturated carbocycles. The van der Waals surface area contributed by atoms with E-state index >= 15 is 0 Å². The van der Waals surface area contributed by atoms with Gasteiger partial charge >= 0.3 is 11.9 Å². The largest absolute Gasteiger partial charge is 0.461 e. The second-order valence-corrected chi connectivity index (χ2v) is 15.2. The second kappa shape index (κ2) is 16.8. The molecule has 0 atom stereocenters. The molecule has 0 aliphatic heterocycles. The number of esters is 2. The Morgan fingerprint density at radius 1 is 0.333 bits per heavy atom. The van der Waals surface area contributed by atoms with Crippen molar-refractivity contribution in [3.05, 3.63) is 120 Å². The molecule has 0 aromatic heterocycles. The summed E-state index contributed by atoms with van der Waals surface area (Å²) >= 11 is 0. The topological polar surface area (TPSA) is 52.6 Å². The molecule has 0 N–H and O–H groups in total. The Morgan fingerprint density at radius 3 is 1.00 bits per heavy atom. The van der Waals surface area contributed by atoms with E-state index in [4.69, 9.17) is 9.47 Å². The molecule has 0 bridgehead atoms. The highest BCUT2D eigenvalue weighted by Crippen LogP contribution is 2.37. The minimum Gasteiger partial charge on any atom is -0.461 e. The summed E-state index contributed by atoms with van der Waals surface area (Å²) in [6.45, 7) is 0.646. The molecule has 274 valence electrons. The van der Waals surface area contributed by atoms with Gasteiger partial charge in [0, 0.05) is 12.8 Å². The number of carbonyl (C=O) groups is 2. The summed E-state index contributed by atoms with van der Waals surface area (Å²) in [5.41, 5.74) is 2.14. The summed E-state index contributed by atoms with van der Waals surface area (Å²) < 4.78 is 11.5. The maximum atomic E-state index is 12.5. The Kier molecular flexibility index (Phi) is 11.2. The lowest BCUT2D eigenvalue weighted by atomic mass is 9.92. The monoisotopic (exact) mass is 714 g/mol. The number of benzene rings is 8. The fraction of sp³-hybridized carbons (Fsp3) is 0.320. The lowest BCUT2D eigenvalue weighted by Gasteiger charge is -2.14. The van der Waals surface area contributed by atoms with Crippen molar-refractivity contribution in [1.82, 2.24) is 0 Å². The predicted molar refractivity (Wildman–Crippen MR) is 225 cm³/mol. The van der Waals surface area contributed by atoms with Crippen LogP contribution in [-0.4, -0.2) is 11.9 Å². The van der Waals surface area contributed by atoms with Crippen LogP contribution < -0.4 is 0 Å². The third-order valence-electron chi connectivity index (χ3n) is 11.5. The summed E-state index contributed by atoms with van der Waals surface area (Å²) in [5, 5.41) is 14.9. The van der Waals surface area contributed by atoms with Gasteiger partial charge in [0.05, 0.1) is 0 Å². The Morgan fingerprint density at radius 2 is 0.630 bits per heavy atom. The van der Waals surface area contributed by atoms with Gasteiger partial charge in [0.15, 0.2) is 0 Å². The van der Waals surface area contributed by atoms with Gasteiger partial charge in [0.25, 0.3) is 0 Å². The first-order chi connectivity index (χ1) is 26.6. The van der Waals surface area contributed by atoms with E-state index in [0.717, 1.165) is 36.8 Å². The predicted octanol–water partition coefficient (Wildman–Crippen LogP) is 13.7. The Bertz CT molecular complexity index is 2300. The van der Waals surface area contributed by atoms with Crippen LogP contribution >= 0.6 is 0 Å². The van der Waals surface area contributed by atoms with Crippen LogP contribution in [0.25, 0.3) is 64.6 Å². The molecule has 0 aliphatic rings. The third kappa shape index (κ3) is 7.85. The van der Waals surface area contributed by atoms with Crippen molar-refractivity contribution in [3.8, 4) is 0 Å². The van der Waals surface area contributed by atoms with Crippen molar-refractivity contribution in [3.63, 3.8) is 0 Å². The molecule has 8 aromatic rings. The zero-order valence-corrected chi connectivity index (χ0v) is 31.3. The molecule has 8 rings (SSSR count). The fourth-order valence-corrected chi connectivity index (χ4v) is 8.61. The van der Waals surface area contributed by atoms with Gasteiger partial charge in [-0.25, -0.2) is 0 Å². The maximum absolute atomic E-state index is 12.5.